The molecule has 2 saturated heterocycles. The minimum absolute atomic E-state index is 0.0485. The van der Waals surface area contributed by atoms with Crippen LogP contribution in [-0.4, -0.2) is 66.8 Å². The molecule has 1 aromatic carbocycles. The zero-order valence-corrected chi connectivity index (χ0v) is 16.9. The van der Waals surface area contributed by atoms with Crippen molar-refractivity contribution in [2.45, 2.75) is 39.3 Å². The molecule has 3 aliphatic rings. The lowest BCUT2D eigenvalue weighted by molar-refractivity contribution is -0.136. The Morgan fingerprint density at radius 2 is 1.72 bits per heavy atom. The molecule has 0 saturated carbocycles. The van der Waals surface area contributed by atoms with Gasteiger partial charge < -0.3 is 14.7 Å². The third-order valence-electron chi connectivity index (χ3n) is 5.52. The number of likely N-dealkylation sites (N-methyl/N-ethyl adjacent to an activating group) is 1. The summed E-state index contributed by atoms with van der Waals surface area (Å²) in [6.07, 6.45) is 0.291. The number of nitrogens with zero attached hydrogens (tertiary/aromatic N) is 3. The van der Waals surface area contributed by atoms with Gasteiger partial charge in [0.15, 0.2) is 5.82 Å². The predicted molar refractivity (Wildman–Crippen MR) is 103 cm³/mol. The standard InChI is InChI=1S/C18H20F2N4O3.C2H6/c1-22-4-6-23(7-5-22)16-12(19)8-10-11(15(16)20)9-24(18(10)27)13-2-3-14(25)21-17(13)26;1-2/h8,13H,2-7,9H2,1H3,(H,21,25,26);1-2H3. The van der Waals surface area contributed by atoms with E-state index in [1.165, 1.54) is 4.90 Å². The summed E-state index contributed by atoms with van der Waals surface area (Å²) >= 11 is 0. The summed E-state index contributed by atoms with van der Waals surface area (Å²) in [5.74, 6) is -3.06. The second-order valence-corrected chi connectivity index (χ2v) is 7.24. The van der Waals surface area contributed by atoms with Gasteiger partial charge in [0.05, 0.1) is 12.1 Å². The molecular formula is C20H26F2N4O3. The van der Waals surface area contributed by atoms with Gasteiger partial charge in [-0.15, -0.1) is 0 Å². The molecule has 0 aliphatic carbocycles. The van der Waals surface area contributed by atoms with Crippen LogP contribution in [0.3, 0.4) is 0 Å². The summed E-state index contributed by atoms with van der Waals surface area (Å²) in [7, 11) is 1.95. The monoisotopic (exact) mass is 408 g/mol. The van der Waals surface area contributed by atoms with Crippen LogP contribution in [-0.2, 0) is 16.1 Å². The summed E-state index contributed by atoms with van der Waals surface area (Å²) in [4.78, 5) is 41.0. The molecule has 9 heteroatoms. The van der Waals surface area contributed by atoms with Gasteiger partial charge in [-0.2, -0.15) is 0 Å². The number of nitrogens with one attached hydrogen (secondary N) is 1. The first kappa shape index (κ1) is 21.2. The Morgan fingerprint density at radius 1 is 1.07 bits per heavy atom. The van der Waals surface area contributed by atoms with Crippen LogP contribution in [0.1, 0.15) is 42.6 Å². The van der Waals surface area contributed by atoms with Gasteiger partial charge in [-0.05, 0) is 19.5 Å². The van der Waals surface area contributed by atoms with Crippen LogP contribution >= 0.6 is 0 Å². The summed E-state index contributed by atoms with van der Waals surface area (Å²) in [6.45, 7) is 6.27. The fraction of sp³-hybridized carbons (Fsp3) is 0.550. The van der Waals surface area contributed by atoms with Gasteiger partial charge in [0.2, 0.25) is 11.8 Å². The Morgan fingerprint density at radius 3 is 2.34 bits per heavy atom. The predicted octanol–water partition coefficient (Wildman–Crippen LogP) is 1.50. The van der Waals surface area contributed by atoms with E-state index in [1.54, 1.807) is 4.90 Å². The lowest BCUT2D eigenvalue weighted by Gasteiger charge is -2.34. The second-order valence-electron chi connectivity index (χ2n) is 7.24. The Kier molecular flexibility index (Phi) is 6.16. The number of fused-ring (bicyclic) bond motifs is 1. The van der Waals surface area contributed by atoms with E-state index in [2.05, 4.69) is 10.2 Å². The van der Waals surface area contributed by atoms with Crippen molar-refractivity contribution in [2.75, 3.05) is 38.1 Å². The Labute approximate surface area is 168 Å². The highest BCUT2D eigenvalue weighted by Crippen LogP contribution is 2.36. The first-order valence-electron chi connectivity index (χ1n) is 9.96. The fourth-order valence-electron chi connectivity index (χ4n) is 3.94. The number of halogens is 2. The molecule has 158 valence electrons. The molecule has 2 fully saturated rings. The molecule has 1 unspecified atom stereocenters. The maximum atomic E-state index is 15.2. The molecule has 4 rings (SSSR count). The van der Waals surface area contributed by atoms with Gasteiger partial charge in [-0.25, -0.2) is 8.78 Å². The number of piperazine rings is 1. The molecule has 1 aromatic rings. The van der Waals surface area contributed by atoms with Gasteiger partial charge in [-0.3, -0.25) is 19.7 Å². The van der Waals surface area contributed by atoms with Crippen LogP contribution in [0, 0.1) is 11.6 Å². The summed E-state index contributed by atoms with van der Waals surface area (Å²) in [5.41, 5.74) is -0.0487. The van der Waals surface area contributed by atoms with Crippen molar-refractivity contribution in [3.63, 3.8) is 0 Å². The van der Waals surface area contributed by atoms with E-state index in [-0.39, 0.29) is 36.2 Å². The number of carbonyl (C=O) groups excluding carboxylic acids is 3. The average Bonchev–Trinajstić information content (AvgIpc) is 3.02. The molecule has 3 amide bonds. The van der Waals surface area contributed by atoms with Crippen molar-refractivity contribution in [2.24, 2.45) is 0 Å². The van der Waals surface area contributed by atoms with Gasteiger partial charge in [0.1, 0.15) is 17.5 Å². The number of amides is 3. The minimum Gasteiger partial charge on any atom is -0.364 e. The van der Waals surface area contributed by atoms with E-state index >= 15 is 4.39 Å². The number of piperidine rings is 1. The van der Waals surface area contributed by atoms with E-state index < -0.39 is 35.4 Å². The van der Waals surface area contributed by atoms with Crippen molar-refractivity contribution < 1.29 is 23.2 Å². The molecule has 0 spiro atoms. The zero-order valence-electron chi connectivity index (χ0n) is 16.9. The molecule has 29 heavy (non-hydrogen) atoms. The normalized spacial score (nSPS) is 22.2. The molecule has 0 radical (unpaired) electrons. The van der Waals surface area contributed by atoms with Crippen LogP contribution in [0.15, 0.2) is 6.07 Å². The first-order valence-corrected chi connectivity index (χ1v) is 9.96. The number of hydrogen-bond acceptors (Lipinski definition) is 5. The van der Waals surface area contributed by atoms with E-state index in [0.717, 1.165) is 6.07 Å². The first-order chi connectivity index (χ1) is 13.9. The topological polar surface area (TPSA) is 73.0 Å². The molecule has 7 nitrogen and oxygen atoms in total. The van der Waals surface area contributed by atoms with Crippen molar-refractivity contribution in [3.05, 3.63) is 28.8 Å². The Hall–Kier alpha value is -2.55. The third-order valence-corrected chi connectivity index (χ3v) is 5.52. The van der Waals surface area contributed by atoms with Gasteiger partial charge in [0, 0.05) is 38.2 Å². The lowest BCUT2D eigenvalue weighted by Crippen LogP contribution is -2.52. The Bertz CT molecular complexity index is 838. The van der Waals surface area contributed by atoms with Crippen LogP contribution in [0.25, 0.3) is 0 Å². The van der Waals surface area contributed by atoms with Gasteiger partial charge in [0.25, 0.3) is 5.91 Å². The quantitative estimate of drug-likeness (QED) is 0.751. The summed E-state index contributed by atoms with van der Waals surface area (Å²) in [6, 6.07) is 0.220. The summed E-state index contributed by atoms with van der Waals surface area (Å²) < 4.78 is 29.8. The van der Waals surface area contributed by atoms with Crippen molar-refractivity contribution in [3.8, 4) is 0 Å². The molecule has 3 heterocycles. The van der Waals surface area contributed by atoms with Gasteiger partial charge >= 0.3 is 0 Å². The van der Waals surface area contributed by atoms with Crippen LogP contribution in [0.4, 0.5) is 14.5 Å². The number of rotatable bonds is 2. The largest absolute Gasteiger partial charge is 0.364 e. The SMILES string of the molecule is CC.CN1CCN(c2c(F)cc3c(c2F)CN(C2CCC(=O)NC2=O)C3=O)CC1. The maximum Gasteiger partial charge on any atom is 0.255 e. The molecule has 0 aromatic heterocycles. The van der Waals surface area contributed by atoms with Gasteiger partial charge in [-0.1, -0.05) is 13.8 Å². The molecule has 3 aliphatic heterocycles. The fourth-order valence-corrected chi connectivity index (χ4v) is 3.94. The average molecular weight is 408 g/mol. The molecule has 1 N–H and O–H groups in total. The molecule has 0 bridgehead atoms. The number of imide groups is 1. The van der Waals surface area contributed by atoms with Crippen LogP contribution < -0.4 is 10.2 Å². The number of hydrogen-bond donors (Lipinski definition) is 1. The highest BCUT2D eigenvalue weighted by molar-refractivity contribution is 6.05. The van der Waals surface area contributed by atoms with Crippen molar-refractivity contribution in [1.29, 1.82) is 0 Å². The number of anilines is 1. The minimum atomic E-state index is -0.850. The highest BCUT2D eigenvalue weighted by Gasteiger charge is 2.41. The molecule has 1 atom stereocenters. The third kappa shape index (κ3) is 3.83. The number of carbonyl (C=O) groups is 3. The summed E-state index contributed by atoms with van der Waals surface area (Å²) in [5, 5.41) is 2.19. The second kappa shape index (κ2) is 8.44. The van der Waals surface area contributed by atoms with E-state index in [9.17, 15) is 18.8 Å². The van der Waals surface area contributed by atoms with Crippen LogP contribution in [0.5, 0.6) is 0 Å². The van der Waals surface area contributed by atoms with E-state index in [4.69, 9.17) is 0 Å². The van der Waals surface area contributed by atoms with E-state index in [1.807, 2.05) is 20.9 Å². The maximum absolute atomic E-state index is 15.2. The highest BCUT2D eigenvalue weighted by atomic mass is 19.1. The van der Waals surface area contributed by atoms with Crippen LogP contribution in [0.2, 0.25) is 0 Å². The molecular weight excluding hydrogens is 382 g/mol. The zero-order chi connectivity index (χ0) is 21.3. The smallest absolute Gasteiger partial charge is 0.255 e. The van der Waals surface area contributed by atoms with Crippen molar-refractivity contribution in [1.82, 2.24) is 15.1 Å². The number of benzene rings is 1. The Balaban J connectivity index is 0.00000117. The van der Waals surface area contributed by atoms with E-state index in [0.29, 0.717) is 26.2 Å². The lowest BCUT2D eigenvalue weighted by atomic mass is 10.0. The van der Waals surface area contributed by atoms with Crippen molar-refractivity contribution >= 4 is 23.4 Å².